The molecule has 0 aliphatic carbocycles. The molecule has 0 aliphatic rings. The van der Waals surface area contributed by atoms with Crippen LogP contribution in [0, 0.1) is 0 Å². The molecule has 0 bridgehead atoms. The van der Waals surface area contributed by atoms with Gasteiger partial charge >= 0.3 is 0 Å². The molecule has 0 N–H and O–H groups in total. The van der Waals surface area contributed by atoms with E-state index in [4.69, 9.17) is 4.74 Å². The molecule has 0 spiro atoms. The van der Waals surface area contributed by atoms with Crippen molar-refractivity contribution in [3.63, 3.8) is 0 Å². The Kier molecular flexibility index (Phi) is 3.84. The van der Waals surface area contributed by atoms with Gasteiger partial charge in [-0.3, -0.25) is 0 Å². The predicted octanol–water partition coefficient (Wildman–Crippen LogP) is 3.45. The lowest BCUT2D eigenvalue weighted by Crippen LogP contribution is -1.96. The van der Waals surface area contributed by atoms with E-state index in [-0.39, 0.29) is 4.90 Å². The van der Waals surface area contributed by atoms with E-state index < -0.39 is 9.84 Å². The second kappa shape index (κ2) is 5.66. The summed E-state index contributed by atoms with van der Waals surface area (Å²) in [5.74, 6) is 1.02. The number of thiophene rings is 1. The molecule has 114 valence electrons. The van der Waals surface area contributed by atoms with Crippen LogP contribution in [0.2, 0.25) is 0 Å². The summed E-state index contributed by atoms with van der Waals surface area (Å²) in [4.78, 5) is 10.8. The third kappa shape index (κ3) is 2.95. The average molecular weight is 334 g/mol. The molecule has 3 rings (SSSR count). The summed E-state index contributed by atoms with van der Waals surface area (Å²) in [5, 5.41) is 0.872. The van der Waals surface area contributed by atoms with Gasteiger partial charge in [0.15, 0.2) is 9.84 Å². The number of fused-ring (bicyclic) bond motifs is 1. The van der Waals surface area contributed by atoms with E-state index in [9.17, 15) is 8.42 Å². The van der Waals surface area contributed by atoms with Gasteiger partial charge in [-0.2, -0.15) is 0 Å². The highest BCUT2D eigenvalue weighted by atomic mass is 32.2. The third-order valence-corrected chi connectivity index (χ3v) is 5.47. The van der Waals surface area contributed by atoms with Crippen molar-refractivity contribution in [2.24, 2.45) is 0 Å². The molecule has 3 aromatic rings. The number of hydrogen-bond acceptors (Lipinski definition) is 6. The van der Waals surface area contributed by atoms with Gasteiger partial charge in [0.25, 0.3) is 0 Å². The van der Waals surface area contributed by atoms with Crippen LogP contribution in [0.3, 0.4) is 0 Å². The second-order valence-electron chi connectivity index (χ2n) is 4.81. The number of benzene rings is 1. The van der Waals surface area contributed by atoms with Gasteiger partial charge in [0.1, 0.15) is 16.9 Å². The predicted molar refractivity (Wildman–Crippen MR) is 86.4 cm³/mol. The topological polar surface area (TPSA) is 69.2 Å². The molecule has 0 saturated carbocycles. The Labute approximate surface area is 132 Å². The summed E-state index contributed by atoms with van der Waals surface area (Å²) in [6.07, 6.45) is 3.58. The standard InChI is InChI=1S/C15H14N2O3S2/c1-3-11-8-13-14(16-9-17-15(13)21-11)20-10-4-6-12(7-5-10)22(2,18)19/h4-9H,3H2,1-2H3. The summed E-state index contributed by atoms with van der Waals surface area (Å²) < 4.78 is 28.7. The third-order valence-electron chi connectivity index (χ3n) is 3.16. The Morgan fingerprint density at radius 3 is 2.55 bits per heavy atom. The number of rotatable bonds is 4. The number of aromatic nitrogens is 2. The number of aryl methyl sites for hydroxylation is 1. The molecule has 2 heterocycles. The molecule has 7 heteroatoms. The van der Waals surface area contributed by atoms with Crippen LogP contribution >= 0.6 is 11.3 Å². The average Bonchev–Trinajstić information content (AvgIpc) is 2.91. The first-order valence-electron chi connectivity index (χ1n) is 6.69. The Bertz CT molecular complexity index is 916. The van der Waals surface area contributed by atoms with Crippen molar-refractivity contribution in [3.05, 3.63) is 41.5 Å². The molecule has 1 aromatic carbocycles. The fraction of sp³-hybridized carbons (Fsp3) is 0.200. The minimum absolute atomic E-state index is 0.261. The van der Waals surface area contributed by atoms with Crippen LogP contribution in [-0.4, -0.2) is 24.6 Å². The van der Waals surface area contributed by atoms with Crippen molar-refractivity contribution < 1.29 is 13.2 Å². The van der Waals surface area contributed by atoms with Crippen LogP contribution in [0.15, 0.2) is 41.6 Å². The SMILES string of the molecule is CCc1cc2c(Oc3ccc(S(C)(=O)=O)cc3)ncnc2s1. The van der Waals surface area contributed by atoms with Gasteiger partial charge in [-0.15, -0.1) is 11.3 Å². The molecule has 0 atom stereocenters. The van der Waals surface area contributed by atoms with Crippen LogP contribution in [0.5, 0.6) is 11.6 Å². The lowest BCUT2D eigenvalue weighted by atomic mass is 10.3. The zero-order valence-electron chi connectivity index (χ0n) is 12.1. The molecular weight excluding hydrogens is 320 g/mol. The van der Waals surface area contributed by atoms with Crippen molar-refractivity contribution >= 4 is 31.4 Å². The van der Waals surface area contributed by atoms with Gasteiger partial charge in [-0.25, -0.2) is 18.4 Å². The maximum Gasteiger partial charge on any atom is 0.231 e. The Balaban J connectivity index is 1.94. The molecular formula is C15H14N2O3S2. The highest BCUT2D eigenvalue weighted by Gasteiger charge is 2.11. The summed E-state index contributed by atoms with van der Waals surface area (Å²) in [6.45, 7) is 2.09. The van der Waals surface area contributed by atoms with E-state index in [0.29, 0.717) is 11.6 Å². The van der Waals surface area contributed by atoms with E-state index >= 15 is 0 Å². The van der Waals surface area contributed by atoms with Gasteiger partial charge in [-0.1, -0.05) is 6.92 Å². The quantitative estimate of drug-likeness (QED) is 0.731. The lowest BCUT2D eigenvalue weighted by Gasteiger charge is -2.06. The second-order valence-corrected chi connectivity index (χ2v) is 7.94. The molecule has 0 aliphatic heterocycles. The van der Waals surface area contributed by atoms with Crippen LogP contribution in [0.25, 0.3) is 10.2 Å². The Morgan fingerprint density at radius 2 is 1.91 bits per heavy atom. The van der Waals surface area contributed by atoms with Gasteiger partial charge in [0.2, 0.25) is 5.88 Å². The zero-order valence-corrected chi connectivity index (χ0v) is 13.7. The van der Waals surface area contributed by atoms with Crippen LogP contribution in [0.4, 0.5) is 0 Å². The van der Waals surface area contributed by atoms with Crippen molar-refractivity contribution in [3.8, 4) is 11.6 Å². The number of hydrogen-bond donors (Lipinski definition) is 0. The van der Waals surface area contributed by atoms with Crippen molar-refractivity contribution in [1.82, 2.24) is 9.97 Å². The molecule has 2 aromatic heterocycles. The zero-order chi connectivity index (χ0) is 15.7. The monoisotopic (exact) mass is 334 g/mol. The number of nitrogens with zero attached hydrogens (tertiary/aromatic N) is 2. The number of sulfone groups is 1. The highest BCUT2D eigenvalue weighted by molar-refractivity contribution is 7.90. The molecule has 0 fully saturated rings. The molecule has 0 amide bonds. The Morgan fingerprint density at radius 1 is 1.18 bits per heavy atom. The molecule has 22 heavy (non-hydrogen) atoms. The van der Waals surface area contributed by atoms with Crippen molar-refractivity contribution in [1.29, 1.82) is 0 Å². The maximum absolute atomic E-state index is 11.5. The minimum atomic E-state index is -3.21. The van der Waals surface area contributed by atoms with Crippen molar-refractivity contribution in [2.45, 2.75) is 18.2 Å². The van der Waals surface area contributed by atoms with E-state index in [1.807, 2.05) is 6.07 Å². The molecule has 5 nitrogen and oxygen atoms in total. The first kappa shape index (κ1) is 14.9. The van der Waals surface area contributed by atoms with E-state index in [1.54, 1.807) is 23.5 Å². The van der Waals surface area contributed by atoms with Crippen molar-refractivity contribution in [2.75, 3.05) is 6.26 Å². The lowest BCUT2D eigenvalue weighted by molar-refractivity contribution is 0.468. The summed E-state index contributed by atoms with van der Waals surface area (Å²) in [7, 11) is -3.21. The van der Waals surface area contributed by atoms with Gasteiger partial charge in [0, 0.05) is 11.1 Å². The molecule has 0 unspecified atom stereocenters. The fourth-order valence-electron chi connectivity index (χ4n) is 2.01. The molecule has 0 radical (unpaired) electrons. The van der Waals surface area contributed by atoms with Crippen LogP contribution < -0.4 is 4.74 Å². The first-order valence-corrected chi connectivity index (χ1v) is 9.39. The fourth-order valence-corrected chi connectivity index (χ4v) is 3.56. The Hall–Kier alpha value is -1.99. The van der Waals surface area contributed by atoms with Gasteiger partial charge in [0.05, 0.1) is 10.3 Å². The summed E-state index contributed by atoms with van der Waals surface area (Å²) >= 11 is 1.62. The van der Waals surface area contributed by atoms with Gasteiger partial charge in [-0.05, 0) is 36.8 Å². The molecule has 0 saturated heterocycles. The summed E-state index contributed by atoms with van der Waals surface area (Å²) in [6, 6.07) is 8.32. The largest absolute Gasteiger partial charge is 0.438 e. The maximum atomic E-state index is 11.5. The normalized spacial score (nSPS) is 11.7. The van der Waals surface area contributed by atoms with Crippen LogP contribution in [0.1, 0.15) is 11.8 Å². The van der Waals surface area contributed by atoms with E-state index in [2.05, 4.69) is 16.9 Å². The number of ether oxygens (including phenoxy) is 1. The minimum Gasteiger partial charge on any atom is -0.438 e. The smallest absolute Gasteiger partial charge is 0.231 e. The van der Waals surface area contributed by atoms with Crippen LogP contribution in [-0.2, 0) is 16.3 Å². The van der Waals surface area contributed by atoms with E-state index in [0.717, 1.165) is 16.6 Å². The van der Waals surface area contributed by atoms with E-state index in [1.165, 1.54) is 29.6 Å². The highest BCUT2D eigenvalue weighted by Crippen LogP contribution is 2.32. The summed E-state index contributed by atoms with van der Waals surface area (Å²) in [5.41, 5.74) is 0. The first-order chi connectivity index (χ1) is 10.5. The van der Waals surface area contributed by atoms with Gasteiger partial charge < -0.3 is 4.74 Å².